The number of amides is 3. The van der Waals surface area contributed by atoms with Gasteiger partial charge in [-0.25, -0.2) is 9.37 Å². The molecule has 2 heterocycles. The maximum absolute atomic E-state index is 13.0. The van der Waals surface area contributed by atoms with Crippen molar-refractivity contribution < 1.29 is 14.2 Å². The highest BCUT2D eigenvalue weighted by Crippen LogP contribution is 2.20. The number of hydrogen-bond acceptors (Lipinski definition) is 5. The van der Waals surface area contributed by atoms with Crippen LogP contribution in [0.2, 0.25) is 0 Å². The molecule has 4 rings (SSSR count). The number of likely N-dealkylation sites (N-methyl/N-ethyl adjacent to an activating group) is 2. The monoisotopic (exact) mass is 493 g/mol. The van der Waals surface area contributed by atoms with Crippen molar-refractivity contribution >= 4 is 52.0 Å². The van der Waals surface area contributed by atoms with Crippen LogP contribution in [0.15, 0.2) is 75.2 Å². The second-order valence-corrected chi connectivity index (χ2v) is 8.27. The number of hydrogen-bond donors (Lipinski definition) is 1. The number of allylic oxidation sites excluding steroid dienone is 1. The number of hydrazone groups is 1. The van der Waals surface area contributed by atoms with Gasteiger partial charge in [0.25, 0.3) is 5.91 Å². The van der Waals surface area contributed by atoms with E-state index in [0.717, 1.165) is 20.5 Å². The van der Waals surface area contributed by atoms with Crippen molar-refractivity contribution in [1.82, 2.24) is 15.2 Å². The van der Waals surface area contributed by atoms with Crippen molar-refractivity contribution in [1.29, 1.82) is 0 Å². The van der Waals surface area contributed by atoms with Crippen molar-refractivity contribution in [3.63, 3.8) is 0 Å². The van der Waals surface area contributed by atoms with Crippen LogP contribution in [-0.4, -0.2) is 64.5 Å². The van der Waals surface area contributed by atoms with Gasteiger partial charge in [-0.15, -0.1) is 5.10 Å². The van der Waals surface area contributed by atoms with E-state index < -0.39 is 12.1 Å². The Morgan fingerprint density at radius 1 is 1.09 bits per heavy atom. The number of carbonyl (C=O) groups is 2. The van der Waals surface area contributed by atoms with E-state index in [0.29, 0.717) is 18.3 Å². The molecule has 162 valence electrons. The van der Waals surface area contributed by atoms with E-state index in [-0.39, 0.29) is 5.91 Å². The summed E-state index contributed by atoms with van der Waals surface area (Å²) >= 11 is 3.49. The van der Waals surface area contributed by atoms with E-state index in [1.54, 1.807) is 13.3 Å². The Bertz CT molecular complexity index is 1160. The van der Waals surface area contributed by atoms with Gasteiger partial charge in [0.2, 0.25) is 11.9 Å². The molecule has 9 heteroatoms. The summed E-state index contributed by atoms with van der Waals surface area (Å²) in [5.74, 6) is 0.452. The quantitative estimate of drug-likeness (QED) is 0.395. The predicted molar refractivity (Wildman–Crippen MR) is 128 cm³/mol. The van der Waals surface area contributed by atoms with Gasteiger partial charge >= 0.3 is 12.0 Å². The standard InChI is InChI=1S/C23H21BrN6O2/c1-28-20-19(21(31)29(2)23(28)32)30(15-17-11-7-4-8-12-17)22(26-20)27-25-14-18(24)13-16-9-5-3-6-10-16/h3-14,19H,15H2,1-2H3/p+1/b18-13-,25-14+. The number of benzene rings is 2. The van der Waals surface area contributed by atoms with Gasteiger partial charge in [0.1, 0.15) is 0 Å². The smallest absolute Gasteiger partial charge is 0.270 e. The fourth-order valence-electron chi connectivity index (χ4n) is 3.53. The summed E-state index contributed by atoms with van der Waals surface area (Å²) in [4.78, 5) is 32.4. The van der Waals surface area contributed by atoms with Crippen molar-refractivity contribution in [3.8, 4) is 0 Å². The van der Waals surface area contributed by atoms with Crippen molar-refractivity contribution in [2.24, 2.45) is 10.1 Å². The van der Waals surface area contributed by atoms with Crippen LogP contribution in [0, 0.1) is 0 Å². The van der Waals surface area contributed by atoms with Crippen molar-refractivity contribution in [3.05, 3.63) is 76.3 Å². The Balaban J connectivity index is 1.63. The Hall–Kier alpha value is -3.59. The SMILES string of the molecule is CN1C(=O)C2C(=NC(N/N=C/C(Br)=C/c3ccccc3)=[N+]2Cc2ccccc2)N(C)C1=O. The molecule has 0 saturated carbocycles. The number of rotatable bonds is 5. The summed E-state index contributed by atoms with van der Waals surface area (Å²) < 4.78 is 2.58. The number of guanidine groups is 1. The molecular formula is C23H22BrN6O2+. The number of carbonyl (C=O) groups excluding carboxylic acids is 2. The van der Waals surface area contributed by atoms with Gasteiger partial charge in [-0.2, -0.15) is 5.43 Å². The van der Waals surface area contributed by atoms with E-state index in [1.807, 2.05) is 71.3 Å². The first-order chi connectivity index (χ1) is 15.5. The van der Waals surface area contributed by atoms with Gasteiger partial charge in [0.15, 0.2) is 0 Å². The third-order valence-corrected chi connectivity index (χ3v) is 5.62. The molecule has 1 unspecified atom stereocenters. The van der Waals surface area contributed by atoms with Gasteiger partial charge in [-0.1, -0.05) is 65.7 Å². The fourth-order valence-corrected chi connectivity index (χ4v) is 3.90. The van der Waals surface area contributed by atoms with Crippen LogP contribution >= 0.6 is 15.9 Å². The van der Waals surface area contributed by atoms with Gasteiger partial charge in [0.05, 0.1) is 12.8 Å². The zero-order valence-corrected chi connectivity index (χ0v) is 19.2. The number of urea groups is 1. The molecule has 1 atom stereocenters. The number of amidine groups is 1. The Morgan fingerprint density at radius 2 is 1.75 bits per heavy atom. The highest BCUT2D eigenvalue weighted by Gasteiger charge is 2.51. The minimum Gasteiger partial charge on any atom is -0.270 e. The van der Waals surface area contributed by atoms with Crippen LogP contribution in [0.4, 0.5) is 4.79 Å². The summed E-state index contributed by atoms with van der Waals surface area (Å²) in [5.41, 5.74) is 4.98. The lowest BCUT2D eigenvalue weighted by molar-refractivity contribution is -0.553. The third kappa shape index (κ3) is 4.38. The zero-order valence-electron chi connectivity index (χ0n) is 17.6. The molecule has 0 aliphatic carbocycles. The van der Waals surface area contributed by atoms with Gasteiger partial charge < -0.3 is 0 Å². The lowest BCUT2D eigenvalue weighted by atomic mass is 10.1. The highest BCUT2D eigenvalue weighted by molar-refractivity contribution is 9.12. The molecule has 2 aliphatic rings. The van der Waals surface area contributed by atoms with Gasteiger partial charge in [-0.05, 0) is 33.1 Å². The maximum Gasteiger partial charge on any atom is 0.414 e. The van der Waals surface area contributed by atoms with Crippen molar-refractivity contribution in [2.45, 2.75) is 12.6 Å². The number of fused-ring (bicyclic) bond motifs is 1. The number of halogens is 1. The van der Waals surface area contributed by atoms with E-state index in [4.69, 9.17) is 0 Å². The molecular weight excluding hydrogens is 472 g/mol. The second kappa shape index (κ2) is 9.27. The first kappa shape index (κ1) is 21.6. The predicted octanol–water partition coefficient (Wildman–Crippen LogP) is 2.87. The normalized spacial score (nSPS) is 19.0. The maximum atomic E-state index is 13.0. The van der Waals surface area contributed by atoms with Crippen LogP contribution in [0.5, 0.6) is 0 Å². The summed E-state index contributed by atoms with van der Waals surface area (Å²) in [5, 5.41) is 4.28. The molecule has 32 heavy (non-hydrogen) atoms. The molecule has 0 bridgehead atoms. The number of aliphatic imine (C=N–C) groups is 1. The second-order valence-electron chi connectivity index (χ2n) is 7.36. The molecule has 2 aromatic carbocycles. The molecule has 0 radical (unpaired) electrons. The largest absolute Gasteiger partial charge is 0.414 e. The lowest BCUT2D eigenvalue weighted by Gasteiger charge is -2.31. The topological polar surface area (TPSA) is 80.4 Å². The Kier molecular flexibility index (Phi) is 6.27. The molecule has 8 nitrogen and oxygen atoms in total. The van der Waals surface area contributed by atoms with Crippen LogP contribution in [0.3, 0.4) is 0 Å². The third-order valence-electron chi connectivity index (χ3n) is 5.18. The van der Waals surface area contributed by atoms with E-state index in [9.17, 15) is 9.59 Å². The van der Waals surface area contributed by atoms with Crippen LogP contribution in [0.25, 0.3) is 6.08 Å². The Labute approximate surface area is 194 Å². The molecule has 2 aliphatic heterocycles. The number of nitrogens with zero attached hydrogens (tertiary/aromatic N) is 5. The van der Waals surface area contributed by atoms with Gasteiger partial charge in [0, 0.05) is 18.6 Å². The molecule has 1 fully saturated rings. The lowest BCUT2D eigenvalue weighted by Crippen LogP contribution is -2.61. The van der Waals surface area contributed by atoms with E-state index in [1.165, 1.54) is 11.9 Å². The molecule has 1 saturated heterocycles. The van der Waals surface area contributed by atoms with E-state index >= 15 is 0 Å². The first-order valence-electron chi connectivity index (χ1n) is 9.98. The fraction of sp³-hybridized carbons (Fsp3) is 0.174. The van der Waals surface area contributed by atoms with E-state index in [2.05, 4.69) is 31.4 Å². The molecule has 0 spiro atoms. The molecule has 1 N–H and O–H groups in total. The summed E-state index contributed by atoms with van der Waals surface area (Å²) in [6, 6.07) is 18.5. The average molecular weight is 494 g/mol. The van der Waals surface area contributed by atoms with Crippen LogP contribution < -0.4 is 5.43 Å². The first-order valence-corrected chi connectivity index (χ1v) is 10.8. The van der Waals surface area contributed by atoms with Crippen molar-refractivity contribution in [2.75, 3.05) is 14.1 Å². The molecule has 0 aromatic heterocycles. The summed E-state index contributed by atoms with van der Waals surface area (Å²) in [7, 11) is 3.09. The highest BCUT2D eigenvalue weighted by atomic mass is 79.9. The summed E-state index contributed by atoms with van der Waals surface area (Å²) in [6.07, 6.45) is 3.55. The van der Waals surface area contributed by atoms with Crippen LogP contribution in [0.1, 0.15) is 11.1 Å². The Morgan fingerprint density at radius 3 is 2.44 bits per heavy atom. The van der Waals surface area contributed by atoms with Gasteiger partial charge in [-0.3, -0.25) is 14.6 Å². The van der Waals surface area contributed by atoms with Crippen LogP contribution in [-0.2, 0) is 11.3 Å². The minimum absolute atomic E-state index is 0.325. The minimum atomic E-state index is -0.705. The summed E-state index contributed by atoms with van der Waals surface area (Å²) in [6.45, 7) is 0.430. The number of nitrogens with one attached hydrogen (secondary N) is 1. The average Bonchev–Trinajstić information content (AvgIpc) is 3.16. The molecule has 2 aromatic rings. The zero-order chi connectivity index (χ0) is 22.7. The number of imide groups is 1. The molecule has 3 amide bonds.